The maximum absolute atomic E-state index is 12.1. The third-order valence-electron chi connectivity index (χ3n) is 3.52. The lowest BCUT2D eigenvalue weighted by Crippen LogP contribution is -2.58. The number of barbiturate groups is 1. The first kappa shape index (κ1) is 17.1. The van der Waals surface area contributed by atoms with Gasteiger partial charge in [-0.1, -0.05) is 20.3 Å². The number of imide groups is 2. The normalized spacial score (nSPS) is 20.2. The Morgan fingerprint density at radius 3 is 2.57 bits per heavy atom. The summed E-state index contributed by atoms with van der Waals surface area (Å²) in [4.78, 5) is 48.1. The van der Waals surface area contributed by atoms with Crippen LogP contribution in [0.2, 0.25) is 0 Å². The van der Waals surface area contributed by atoms with E-state index in [4.69, 9.17) is 0 Å². The lowest BCUT2D eigenvalue weighted by Gasteiger charge is -2.29. The average Bonchev–Trinajstić information content (AvgIpc) is 2.42. The van der Waals surface area contributed by atoms with Crippen molar-refractivity contribution in [1.29, 1.82) is 0 Å². The van der Waals surface area contributed by atoms with Gasteiger partial charge in [0.25, 0.3) is 0 Å². The molecule has 0 saturated carbocycles. The number of nitrogens with zero attached hydrogens (tertiary/aromatic N) is 1. The molecule has 1 rings (SSSR count). The second kappa shape index (κ2) is 7.75. The molecule has 0 aromatic carbocycles. The van der Waals surface area contributed by atoms with Crippen molar-refractivity contribution in [2.24, 2.45) is 5.92 Å². The van der Waals surface area contributed by atoms with Crippen LogP contribution < -0.4 is 10.6 Å². The summed E-state index contributed by atoms with van der Waals surface area (Å²) in [7, 11) is 0. The van der Waals surface area contributed by atoms with E-state index in [0.29, 0.717) is 12.8 Å². The fourth-order valence-electron chi connectivity index (χ4n) is 2.08. The molecule has 0 radical (unpaired) electrons. The predicted octanol–water partition coefficient (Wildman–Crippen LogP) is 0.786. The number of amides is 5. The van der Waals surface area contributed by atoms with E-state index in [1.165, 1.54) is 0 Å². The Bertz CT molecular complexity index is 436. The lowest BCUT2D eigenvalue weighted by atomic mass is 9.99. The van der Waals surface area contributed by atoms with E-state index in [2.05, 4.69) is 10.6 Å². The smallest absolute Gasteiger partial charge is 0.330 e. The standard InChI is InChI=1S/C14H23N3O4/c1-4-6-10-12(19)16-14(21)17(13(10)20)8-7-11(18)15-9(3)5-2/h9-10H,4-8H2,1-3H3,(H,15,18)(H,16,19,21). The van der Waals surface area contributed by atoms with E-state index in [1.807, 2.05) is 20.8 Å². The van der Waals surface area contributed by atoms with Gasteiger partial charge in [0.05, 0.1) is 0 Å². The van der Waals surface area contributed by atoms with Gasteiger partial charge in [-0.25, -0.2) is 4.79 Å². The van der Waals surface area contributed by atoms with Gasteiger partial charge in [-0.05, 0) is 19.8 Å². The van der Waals surface area contributed by atoms with Crippen LogP contribution in [0.1, 0.15) is 46.5 Å². The number of carbonyl (C=O) groups excluding carboxylic acids is 4. The minimum atomic E-state index is -0.828. The molecule has 5 amide bonds. The molecule has 118 valence electrons. The fourth-order valence-corrected chi connectivity index (χ4v) is 2.08. The van der Waals surface area contributed by atoms with Gasteiger partial charge in [-0.2, -0.15) is 0 Å². The SMILES string of the molecule is CCCC1C(=O)NC(=O)N(CCC(=O)NC(C)CC)C1=O. The highest BCUT2D eigenvalue weighted by molar-refractivity contribution is 6.16. The first-order valence-electron chi connectivity index (χ1n) is 7.36. The van der Waals surface area contributed by atoms with Crippen molar-refractivity contribution in [3.8, 4) is 0 Å². The Labute approximate surface area is 124 Å². The molecule has 1 aliphatic rings. The molecular formula is C14H23N3O4. The van der Waals surface area contributed by atoms with Crippen molar-refractivity contribution in [3.63, 3.8) is 0 Å². The van der Waals surface area contributed by atoms with Crippen LogP contribution >= 0.6 is 0 Å². The van der Waals surface area contributed by atoms with Gasteiger partial charge < -0.3 is 5.32 Å². The predicted molar refractivity (Wildman–Crippen MR) is 76.2 cm³/mol. The largest absolute Gasteiger partial charge is 0.354 e. The van der Waals surface area contributed by atoms with Crippen molar-refractivity contribution < 1.29 is 19.2 Å². The summed E-state index contributed by atoms with van der Waals surface area (Å²) in [5.41, 5.74) is 0. The van der Waals surface area contributed by atoms with Crippen molar-refractivity contribution in [1.82, 2.24) is 15.5 Å². The van der Waals surface area contributed by atoms with Gasteiger partial charge in [0, 0.05) is 19.0 Å². The van der Waals surface area contributed by atoms with Crippen LogP contribution in [0.15, 0.2) is 0 Å². The zero-order valence-electron chi connectivity index (χ0n) is 12.8. The molecule has 7 heteroatoms. The second-order valence-corrected chi connectivity index (χ2v) is 5.25. The number of urea groups is 1. The topological polar surface area (TPSA) is 95.6 Å². The van der Waals surface area contributed by atoms with Gasteiger partial charge in [-0.3, -0.25) is 24.6 Å². The van der Waals surface area contributed by atoms with E-state index in [0.717, 1.165) is 11.3 Å². The monoisotopic (exact) mass is 297 g/mol. The molecule has 21 heavy (non-hydrogen) atoms. The number of carbonyl (C=O) groups is 4. The second-order valence-electron chi connectivity index (χ2n) is 5.25. The highest BCUT2D eigenvalue weighted by atomic mass is 16.2. The molecule has 0 bridgehead atoms. The molecule has 2 unspecified atom stereocenters. The number of hydrogen-bond donors (Lipinski definition) is 2. The highest BCUT2D eigenvalue weighted by Crippen LogP contribution is 2.16. The molecule has 1 fully saturated rings. The Balaban J connectivity index is 2.60. The van der Waals surface area contributed by atoms with Crippen LogP contribution in [0.25, 0.3) is 0 Å². The Hall–Kier alpha value is -1.92. The minimum absolute atomic E-state index is 0.0135. The quantitative estimate of drug-likeness (QED) is 0.679. The van der Waals surface area contributed by atoms with Gasteiger partial charge >= 0.3 is 6.03 Å². The molecular weight excluding hydrogens is 274 g/mol. The van der Waals surface area contributed by atoms with E-state index in [9.17, 15) is 19.2 Å². The summed E-state index contributed by atoms with van der Waals surface area (Å²) in [6.07, 6.45) is 1.91. The molecule has 2 N–H and O–H groups in total. The van der Waals surface area contributed by atoms with Crippen molar-refractivity contribution in [2.75, 3.05) is 6.54 Å². The van der Waals surface area contributed by atoms with Crippen LogP contribution in [0, 0.1) is 5.92 Å². The van der Waals surface area contributed by atoms with Gasteiger partial charge in [0.2, 0.25) is 17.7 Å². The summed E-state index contributed by atoms with van der Waals surface area (Å²) >= 11 is 0. The summed E-state index contributed by atoms with van der Waals surface area (Å²) in [6, 6.07) is -0.688. The van der Waals surface area contributed by atoms with Crippen LogP contribution in [0.5, 0.6) is 0 Å². The molecule has 7 nitrogen and oxygen atoms in total. The average molecular weight is 297 g/mol. The van der Waals surface area contributed by atoms with E-state index >= 15 is 0 Å². The third-order valence-corrected chi connectivity index (χ3v) is 3.52. The van der Waals surface area contributed by atoms with E-state index in [1.54, 1.807) is 0 Å². The molecule has 0 aromatic heterocycles. The summed E-state index contributed by atoms with van der Waals surface area (Å²) in [5.74, 6) is -2.10. The van der Waals surface area contributed by atoms with Gasteiger partial charge in [0.15, 0.2) is 0 Å². The number of rotatable bonds is 7. The lowest BCUT2D eigenvalue weighted by molar-refractivity contribution is -0.142. The molecule has 1 aliphatic heterocycles. The maximum atomic E-state index is 12.1. The van der Waals surface area contributed by atoms with E-state index < -0.39 is 23.8 Å². The van der Waals surface area contributed by atoms with Crippen molar-refractivity contribution >= 4 is 23.8 Å². The van der Waals surface area contributed by atoms with Crippen LogP contribution in [0.4, 0.5) is 4.79 Å². The fraction of sp³-hybridized carbons (Fsp3) is 0.714. The molecule has 1 saturated heterocycles. The molecule has 1 heterocycles. The summed E-state index contributed by atoms with van der Waals surface area (Å²) in [5, 5.41) is 4.93. The zero-order valence-corrected chi connectivity index (χ0v) is 12.8. The first-order valence-corrected chi connectivity index (χ1v) is 7.36. The van der Waals surface area contributed by atoms with Crippen molar-refractivity contribution in [3.05, 3.63) is 0 Å². The van der Waals surface area contributed by atoms with Crippen LogP contribution in [0.3, 0.4) is 0 Å². The third kappa shape index (κ3) is 4.54. The Kier molecular flexibility index (Phi) is 6.33. The van der Waals surface area contributed by atoms with E-state index in [-0.39, 0.29) is 24.9 Å². The highest BCUT2D eigenvalue weighted by Gasteiger charge is 2.39. The molecule has 0 aliphatic carbocycles. The maximum Gasteiger partial charge on any atom is 0.330 e. The van der Waals surface area contributed by atoms with Gasteiger partial charge in [-0.15, -0.1) is 0 Å². The van der Waals surface area contributed by atoms with Crippen molar-refractivity contribution in [2.45, 2.75) is 52.5 Å². The number of nitrogens with one attached hydrogen (secondary N) is 2. The first-order chi connectivity index (χ1) is 9.90. The molecule has 0 spiro atoms. The Morgan fingerprint density at radius 2 is 2.00 bits per heavy atom. The number of hydrogen-bond acceptors (Lipinski definition) is 4. The van der Waals surface area contributed by atoms with Crippen LogP contribution in [-0.4, -0.2) is 41.2 Å². The zero-order chi connectivity index (χ0) is 16.0. The summed E-state index contributed by atoms with van der Waals surface area (Å²) in [6.45, 7) is 5.68. The Morgan fingerprint density at radius 1 is 1.33 bits per heavy atom. The van der Waals surface area contributed by atoms with Gasteiger partial charge in [0.1, 0.15) is 5.92 Å². The molecule has 2 atom stereocenters. The minimum Gasteiger partial charge on any atom is -0.354 e. The van der Waals surface area contributed by atoms with Crippen LogP contribution in [-0.2, 0) is 14.4 Å². The summed E-state index contributed by atoms with van der Waals surface area (Å²) < 4.78 is 0. The molecule has 0 aromatic rings.